The summed E-state index contributed by atoms with van der Waals surface area (Å²) in [4.78, 5) is 26.3. The summed E-state index contributed by atoms with van der Waals surface area (Å²) in [6.07, 6.45) is 2.41. The van der Waals surface area contributed by atoms with E-state index in [1.807, 2.05) is 25.1 Å². The summed E-state index contributed by atoms with van der Waals surface area (Å²) < 4.78 is 0.889. The van der Waals surface area contributed by atoms with Crippen molar-refractivity contribution < 1.29 is 9.59 Å². The Bertz CT molecular complexity index is 569. The van der Waals surface area contributed by atoms with Crippen LogP contribution < -0.4 is 10.2 Å². The van der Waals surface area contributed by atoms with Gasteiger partial charge in [0.15, 0.2) is 0 Å². The molecule has 1 aromatic rings. The van der Waals surface area contributed by atoms with E-state index >= 15 is 0 Å². The smallest absolute Gasteiger partial charge is 0.249 e. The predicted octanol–water partition coefficient (Wildman–Crippen LogP) is 2.39. The van der Waals surface area contributed by atoms with Crippen molar-refractivity contribution in [1.82, 2.24) is 5.32 Å². The van der Waals surface area contributed by atoms with Gasteiger partial charge in [-0.05, 0) is 59.3 Å². The van der Waals surface area contributed by atoms with Crippen LogP contribution in [0.5, 0.6) is 0 Å². The highest BCUT2D eigenvalue weighted by Crippen LogP contribution is 2.36. The van der Waals surface area contributed by atoms with Gasteiger partial charge in [-0.25, -0.2) is 0 Å². The topological polar surface area (TPSA) is 49.4 Å². The molecule has 1 N–H and O–H groups in total. The number of halogens is 1. The lowest BCUT2D eigenvalue weighted by Gasteiger charge is -2.25. The lowest BCUT2D eigenvalue weighted by Crippen LogP contribution is -2.46. The molecule has 2 aliphatic rings. The van der Waals surface area contributed by atoms with E-state index in [-0.39, 0.29) is 17.9 Å². The fraction of sp³-hybridized carbons (Fsp3) is 0.467. The van der Waals surface area contributed by atoms with Crippen LogP contribution in [0.3, 0.4) is 0 Å². The molecule has 106 valence electrons. The lowest BCUT2D eigenvalue weighted by atomic mass is 10.1. The van der Waals surface area contributed by atoms with Crippen LogP contribution >= 0.6 is 15.9 Å². The van der Waals surface area contributed by atoms with Gasteiger partial charge in [-0.1, -0.05) is 6.07 Å². The first-order valence-electron chi connectivity index (χ1n) is 6.93. The van der Waals surface area contributed by atoms with Crippen molar-refractivity contribution in [3.05, 3.63) is 28.2 Å². The number of anilines is 1. The zero-order chi connectivity index (χ0) is 14.3. The number of nitrogens with zero attached hydrogens (tertiary/aromatic N) is 1. The fourth-order valence-corrected chi connectivity index (χ4v) is 3.08. The maximum Gasteiger partial charge on any atom is 0.249 e. The van der Waals surface area contributed by atoms with E-state index < -0.39 is 0 Å². The second-order valence-corrected chi connectivity index (χ2v) is 6.43. The van der Waals surface area contributed by atoms with Gasteiger partial charge in [0.05, 0.1) is 5.69 Å². The minimum atomic E-state index is -0.350. The highest BCUT2D eigenvalue weighted by molar-refractivity contribution is 9.10. The molecule has 5 heteroatoms. The van der Waals surface area contributed by atoms with Gasteiger partial charge in [-0.15, -0.1) is 0 Å². The number of carbonyl (C=O) groups excluding carboxylic acids is 2. The Labute approximate surface area is 126 Å². The average molecular weight is 337 g/mol. The number of rotatable bonds is 2. The first-order valence-corrected chi connectivity index (χ1v) is 7.72. The van der Waals surface area contributed by atoms with E-state index in [0.29, 0.717) is 18.9 Å². The number of hydrogen-bond donors (Lipinski definition) is 1. The molecular formula is C15H17BrN2O2. The maximum absolute atomic E-state index is 12.7. The molecule has 1 unspecified atom stereocenters. The van der Waals surface area contributed by atoms with E-state index in [2.05, 4.69) is 21.2 Å². The van der Waals surface area contributed by atoms with Gasteiger partial charge in [0.25, 0.3) is 0 Å². The van der Waals surface area contributed by atoms with Crippen molar-refractivity contribution in [1.29, 1.82) is 0 Å². The van der Waals surface area contributed by atoms with Crippen molar-refractivity contribution in [2.24, 2.45) is 5.92 Å². The first-order chi connectivity index (χ1) is 9.56. The molecule has 0 aromatic heterocycles. The van der Waals surface area contributed by atoms with Crippen LogP contribution in [0.15, 0.2) is 22.7 Å². The van der Waals surface area contributed by atoms with Gasteiger partial charge in [0, 0.05) is 17.4 Å². The summed E-state index contributed by atoms with van der Waals surface area (Å²) in [6, 6.07) is 5.58. The van der Waals surface area contributed by atoms with Crippen molar-refractivity contribution in [3.63, 3.8) is 0 Å². The van der Waals surface area contributed by atoms with E-state index in [9.17, 15) is 9.59 Å². The van der Waals surface area contributed by atoms with Crippen LogP contribution in [0, 0.1) is 12.8 Å². The molecule has 0 spiro atoms. The highest BCUT2D eigenvalue weighted by atomic mass is 79.9. The molecule has 0 bridgehead atoms. The van der Waals surface area contributed by atoms with Crippen molar-refractivity contribution >= 4 is 33.4 Å². The zero-order valence-corrected chi connectivity index (χ0v) is 12.9. The Morgan fingerprint density at radius 3 is 2.75 bits per heavy atom. The molecular weight excluding hydrogens is 320 g/mol. The average Bonchev–Trinajstić information content (AvgIpc) is 3.23. The van der Waals surface area contributed by atoms with Crippen LogP contribution in [0.2, 0.25) is 0 Å². The Balaban J connectivity index is 1.96. The highest BCUT2D eigenvalue weighted by Gasteiger charge is 2.41. The molecule has 4 nitrogen and oxygen atoms in total. The molecule has 3 rings (SSSR count). The zero-order valence-electron chi connectivity index (χ0n) is 11.4. The molecule has 1 aliphatic heterocycles. The van der Waals surface area contributed by atoms with Gasteiger partial charge in [-0.3, -0.25) is 9.59 Å². The number of hydrogen-bond acceptors (Lipinski definition) is 2. The molecule has 20 heavy (non-hydrogen) atoms. The Morgan fingerprint density at radius 1 is 1.30 bits per heavy atom. The number of carbonyl (C=O) groups is 2. The van der Waals surface area contributed by atoms with Crippen molar-refractivity contribution in [3.8, 4) is 0 Å². The number of nitrogens with one attached hydrogen (secondary N) is 1. The van der Waals surface area contributed by atoms with Crippen LogP contribution in [-0.4, -0.2) is 24.4 Å². The van der Waals surface area contributed by atoms with Gasteiger partial charge in [-0.2, -0.15) is 0 Å². The minimum Gasteiger partial charge on any atom is -0.344 e. The third-order valence-corrected chi connectivity index (χ3v) is 4.57. The quantitative estimate of drug-likeness (QED) is 0.901. The maximum atomic E-state index is 12.7. The molecule has 1 aromatic carbocycles. The Hall–Kier alpha value is -1.36. The molecule has 1 saturated heterocycles. The Kier molecular flexibility index (Phi) is 3.54. The summed E-state index contributed by atoms with van der Waals surface area (Å²) in [6.45, 7) is 2.44. The molecule has 1 heterocycles. The number of benzene rings is 1. The third kappa shape index (κ3) is 2.59. The summed E-state index contributed by atoms with van der Waals surface area (Å²) in [5, 5.41) is 2.88. The molecule has 2 fully saturated rings. The molecule has 2 amide bonds. The molecule has 0 radical (unpaired) electrons. The van der Waals surface area contributed by atoms with Gasteiger partial charge < -0.3 is 10.2 Å². The Morgan fingerprint density at radius 2 is 2.05 bits per heavy atom. The SMILES string of the molecule is Cc1ccc(Br)c(N2CCC(=O)NC(C3CC3)C2=O)c1. The summed E-state index contributed by atoms with van der Waals surface area (Å²) in [5.41, 5.74) is 1.96. The second-order valence-electron chi connectivity index (χ2n) is 5.58. The van der Waals surface area contributed by atoms with Crippen LogP contribution in [-0.2, 0) is 9.59 Å². The normalized spacial score (nSPS) is 23.5. The van der Waals surface area contributed by atoms with E-state index in [1.165, 1.54) is 0 Å². The minimum absolute atomic E-state index is 0.0182. The number of amides is 2. The summed E-state index contributed by atoms with van der Waals surface area (Å²) in [5.74, 6) is 0.307. The largest absolute Gasteiger partial charge is 0.344 e. The second kappa shape index (κ2) is 5.20. The lowest BCUT2D eigenvalue weighted by molar-refractivity contribution is -0.126. The van der Waals surface area contributed by atoms with Crippen molar-refractivity contribution in [2.45, 2.75) is 32.2 Å². The van der Waals surface area contributed by atoms with E-state index in [1.54, 1.807) is 4.90 Å². The van der Waals surface area contributed by atoms with E-state index in [4.69, 9.17) is 0 Å². The van der Waals surface area contributed by atoms with Gasteiger partial charge in [0.2, 0.25) is 11.8 Å². The van der Waals surface area contributed by atoms with Gasteiger partial charge >= 0.3 is 0 Å². The number of aryl methyl sites for hydroxylation is 1. The first kappa shape index (κ1) is 13.6. The molecule has 1 atom stereocenters. The molecule has 1 aliphatic carbocycles. The van der Waals surface area contributed by atoms with Crippen LogP contribution in [0.1, 0.15) is 24.8 Å². The fourth-order valence-electron chi connectivity index (χ4n) is 2.62. The molecule has 1 saturated carbocycles. The monoisotopic (exact) mass is 336 g/mol. The predicted molar refractivity (Wildman–Crippen MR) is 80.5 cm³/mol. The summed E-state index contributed by atoms with van der Waals surface area (Å²) >= 11 is 3.51. The van der Waals surface area contributed by atoms with Crippen LogP contribution in [0.25, 0.3) is 0 Å². The standard InChI is InChI=1S/C15H17BrN2O2/c1-9-2-5-11(16)12(8-9)18-7-6-13(19)17-14(15(18)20)10-3-4-10/h2,5,8,10,14H,3-4,6-7H2,1H3,(H,17,19). The summed E-state index contributed by atoms with van der Waals surface area (Å²) in [7, 11) is 0. The van der Waals surface area contributed by atoms with E-state index in [0.717, 1.165) is 28.6 Å². The third-order valence-electron chi connectivity index (χ3n) is 3.90. The van der Waals surface area contributed by atoms with Gasteiger partial charge in [0.1, 0.15) is 6.04 Å². The van der Waals surface area contributed by atoms with Crippen LogP contribution in [0.4, 0.5) is 5.69 Å². The van der Waals surface area contributed by atoms with Crippen molar-refractivity contribution in [2.75, 3.05) is 11.4 Å².